The molecule has 0 aromatic rings. The smallest absolute Gasteiger partial charge is 0.220 e. The summed E-state index contributed by atoms with van der Waals surface area (Å²) in [5.74, 6) is -0.305. The molecule has 17 unspecified atom stereocenters. The number of aliphatic hydroxyl groups is 11. The predicted octanol–water partition coefficient (Wildman–Crippen LogP) is 11.7. The van der Waals surface area contributed by atoms with E-state index in [4.69, 9.17) is 28.4 Å². The van der Waals surface area contributed by atoms with E-state index in [-0.39, 0.29) is 18.9 Å². The highest BCUT2D eigenvalue weighted by Gasteiger charge is 2.53. The molecular weight excluding hydrogens is 1260 g/mol. The lowest BCUT2D eigenvalue weighted by Crippen LogP contribution is -2.66. The van der Waals surface area contributed by atoms with Crippen molar-refractivity contribution in [3.05, 3.63) is 134 Å². The Labute approximate surface area is 594 Å². The number of hydrogen-bond donors (Lipinski definition) is 12. The van der Waals surface area contributed by atoms with Gasteiger partial charge in [-0.15, -0.1) is 0 Å². The number of unbranched alkanes of at least 4 members (excludes halogenated alkanes) is 21. The van der Waals surface area contributed by atoms with Crippen LogP contribution >= 0.6 is 0 Å². The van der Waals surface area contributed by atoms with Crippen LogP contribution in [0.2, 0.25) is 0 Å². The first-order valence-electron chi connectivity index (χ1n) is 37.9. The van der Waals surface area contributed by atoms with Gasteiger partial charge in [0.25, 0.3) is 0 Å². The van der Waals surface area contributed by atoms with Crippen LogP contribution in [0, 0.1) is 0 Å². The van der Waals surface area contributed by atoms with Crippen molar-refractivity contribution in [2.45, 2.75) is 336 Å². The summed E-state index contributed by atoms with van der Waals surface area (Å²) < 4.78 is 34.4. The molecule has 0 aromatic carbocycles. The van der Waals surface area contributed by atoms with Crippen molar-refractivity contribution in [1.82, 2.24) is 5.32 Å². The molecule has 0 spiro atoms. The van der Waals surface area contributed by atoms with E-state index < -0.39 is 124 Å². The van der Waals surface area contributed by atoms with Gasteiger partial charge in [-0.05, 0) is 96.3 Å². The first kappa shape index (κ1) is 89.1. The maximum absolute atomic E-state index is 13.4. The van der Waals surface area contributed by atoms with Crippen LogP contribution in [-0.2, 0) is 33.2 Å². The molecule has 3 fully saturated rings. The molecule has 566 valence electrons. The van der Waals surface area contributed by atoms with E-state index in [1.165, 1.54) is 89.9 Å². The van der Waals surface area contributed by atoms with Gasteiger partial charge in [0.2, 0.25) is 5.91 Å². The van der Waals surface area contributed by atoms with Crippen LogP contribution in [-0.4, -0.2) is 193 Å². The highest BCUT2D eigenvalue weighted by atomic mass is 16.8. The van der Waals surface area contributed by atoms with Gasteiger partial charge >= 0.3 is 0 Å². The molecule has 0 saturated carbocycles. The zero-order chi connectivity index (χ0) is 71.8. The zero-order valence-electron chi connectivity index (χ0n) is 60.2. The summed E-state index contributed by atoms with van der Waals surface area (Å²) in [7, 11) is 0. The Morgan fingerprint density at radius 2 is 0.697 bits per heavy atom. The summed E-state index contributed by atoms with van der Waals surface area (Å²) >= 11 is 0. The van der Waals surface area contributed by atoms with Gasteiger partial charge in [0.15, 0.2) is 18.9 Å². The Hall–Kier alpha value is -4.07. The Kier molecular flexibility index (Phi) is 53.4. The summed E-state index contributed by atoms with van der Waals surface area (Å²) in [6, 6.07) is -0.998. The molecule has 3 heterocycles. The number of carbonyl (C=O) groups excluding carboxylic acids is 1. The van der Waals surface area contributed by atoms with Crippen LogP contribution in [0.5, 0.6) is 0 Å². The zero-order valence-corrected chi connectivity index (χ0v) is 60.2. The molecule has 0 radical (unpaired) electrons. The molecule has 3 saturated heterocycles. The van der Waals surface area contributed by atoms with Gasteiger partial charge in [-0.25, -0.2) is 0 Å². The van der Waals surface area contributed by atoms with Crippen LogP contribution in [0.1, 0.15) is 232 Å². The third-order valence-corrected chi connectivity index (χ3v) is 18.0. The topological polar surface area (TPSA) is 307 Å². The SMILES string of the molecule is CC/C=C\C/C=C\C/C=C\C/C=C\C/C=C\C/C=C\C/C=C\C/C=C\C/C=C\C/C=C\CCCCCCC(=O)NC(COC1OC(CO)C(OC2OC(CO)C(OC3OC(CO)C(O)C(O)C3O)C(O)C2O)C(O)C1O)C(O)/C=C/CCCCCCCCCCCCCCCCCCC. The average Bonchev–Trinajstić information content (AvgIpc) is 0.784. The molecule has 19 nitrogen and oxygen atoms in total. The Morgan fingerprint density at radius 1 is 0.374 bits per heavy atom. The van der Waals surface area contributed by atoms with Gasteiger partial charge in [0, 0.05) is 6.42 Å². The van der Waals surface area contributed by atoms with Crippen LogP contribution in [0.4, 0.5) is 0 Å². The van der Waals surface area contributed by atoms with E-state index in [9.17, 15) is 61.0 Å². The van der Waals surface area contributed by atoms with E-state index in [1.807, 2.05) is 6.08 Å². The third kappa shape index (κ3) is 40.0. The molecule has 3 aliphatic heterocycles. The molecule has 3 rings (SSSR count). The molecule has 19 heteroatoms. The maximum atomic E-state index is 13.4. The minimum atomic E-state index is -1.99. The molecule has 99 heavy (non-hydrogen) atoms. The maximum Gasteiger partial charge on any atom is 0.220 e. The minimum absolute atomic E-state index is 0.205. The van der Waals surface area contributed by atoms with E-state index in [1.54, 1.807) is 6.08 Å². The lowest BCUT2D eigenvalue weighted by molar-refractivity contribution is -0.379. The van der Waals surface area contributed by atoms with Crippen molar-refractivity contribution < 1.29 is 89.4 Å². The second kappa shape index (κ2) is 59.3. The second-order valence-electron chi connectivity index (χ2n) is 26.4. The standard InChI is InChI=1S/C80H133NO18/c1-3-5-7-9-11-13-15-17-19-21-23-24-25-26-27-28-29-30-31-32-33-34-35-36-37-38-40-42-44-46-48-50-52-54-56-58-68(86)81-63(64(85)57-55-53-51-49-47-45-43-41-39-22-20-18-16-14-12-10-8-6-4-2)62-94-78-74(92)71(89)76(66(60-83)96-78)99-80-75(93)72(90)77(67(61-84)97-80)98-79-73(91)70(88)69(87)65(59-82)95-79/h5,7,11,13,17,19,23-24,26-27,29-30,32-33,35-36,38,40,44,46,55,57,63-67,69-80,82-85,87-93H,3-4,6,8-10,12,14-16,18,20-22,25,28,31,34,37,39,41-43,45,47-54,56,58-62H2,1-2H3,(H,81,86)/b7-5-,13-11-,19-17-,24-23-,27-26-,30-29-,33-32-,36-35-,40-38-,46-44-,57-55+. The number of carbonyl (C=O) groups is 1. The fraction of sp³-hybridized carbons (Fsp3) is 0.713. The van der Waals surface area contributed by atoms with Crippen molar-refractivity contribution >= 4 is 5.91 Å². The first-order chi connectivity index (χ1) is 48.3. The lowest BCUT2D eigenvalue weighted by atomic mass is 9.96. The number of amides is 1. The van der Waals surface area contributed by atoms with Gasteiger partial charge in [-0.2, -0.15) is 0 Å². The number of aliphatic hydroxyl groups excluding tert-OH is 11. The van der Waals surface area contributed by atoms with Gasteiger partial charge in [-0.3, -0.25) is 4.79 Å². The van der Waals surface area contributed by atoms with Gasteiger partial charge in [0.1, 0.15) is 73.2 Å². The number of allylic oxidation sites excluding steroid dienone is 21. The Bertz CT molecular complexity index is 2310. The van der Waals surface area contributed by atoms with Crippen molar-refractivity contribution in [3.63, 3.8) is 0 Å². The molecule has 3 aliphatic rings. The number of ether oxygens (including phenoxy) is 6. The largest absolute Gasteiger partial charge is 0.394 e. The molecular formula is C80H133NO18. The molecule has 1 amide bonds. The molecule has 0 aromatic heterocycles. The quantitative estimate of drug-likeness (QED) is 0.0199. The number of nitrogens with one attached hydrogen (secondary N) is 1. The van der Waals surface area contributed by atoms with Gasteiger partial charge in [-0.1, -0.05) is 263 Å². The van der Waals surface area contributed by atoms with Crippen molar-refractivity contribution in [3.8, 4) is 0 Å². The fourth-order valence-electron chi connectivity index (χ4n) is 11.9. The monoisotopic (exact) mass is 1400 g/mol. The average molecular weight is 1400 g/mol. The highest BCUT2D eigenvalue weighted by molar-refractivity contribution is 5.76. The van der Waals surface area contributed by atoms with Crippen LogP contribution in [0.25, 0.3) is 0 Å². The Morgan fingerprint density at radius 3 is 1.09 bits per heavy atom. The summed E-state index contributed by atoms with van der Waals surface area (Å²) in [6.45, 7) is 1.60. The van der Waals surface area contributed by atoms with Crippen molar-refractivity contribution in [2.75, 3.05) is 26.4 Å². The molecule has 12 N–H and O–H groups in total. The first-order valence-corrected chi connectivity index (χ1v) is 37.9. The van der Waals surface area contributed by atoms with Crippen LogP contribution in [0.15, 0.2) is 134 Å². The summed E-state index contributed by atoms with van der Waals surface area (Å²) in [4.78, 5) is 13.4. The summed E-state index contributed by atoms with van der Waals surface area (Å²) in [5.41, 5.74) is 0. The second-order valence-corrected chi connectivity index (χ2v) is 26.4. The molecule has 0 bridgehead atoms. The fourth-order valence-corrected chi connectivity index (χ4v) is 11.9. The lowest BCUT2D eigenvalue weighted by Gasteiger charge is -2.48. The minimum Gasteiger partial charge on any atom is -0.394 e. The number of rotatable bonds is 57. The van der Waals surface area contributed by atoms with E-state index >= 15 is 0 Å². The molecule has 17 atom stereocenters. The predicted molar refractivity (Wildman–Crippen MR) is 392 cm³/mol. The van der Waals surface area contributed by atoms with Crippen LogP contribution in [0.3, 0.4) is 0 Å². The van der Waals surface area contributed by atoms with Gasteiger partial charge < -0.3 is 89.9 Å². The van der Waals surface area contributed by atoms with E-state index in [0.29, 0.717) is 6.42 Å². The molecule has 0 aliphatic carbocycles. The normalized spacial score (nSPS) is 27.4. The summed E-state index contributed by atoms with van der Waals surface area (Å²) in [6.07, 6.45) is 57.0. The van der Waals surface area contributed by atoms with Gasteiger partial charge in [0.05, 0.1) is 38.6 Å². The van der Waals surface area contributed by atoms with Crippen molar-refractivity contribution in [1.29, 1.82) is 0 Å². The van der Waals surface area contributed by atoms with E-state index in [2.05, 4.69) is 141 Å². The van der Waals surface area contributed by atoms with Crippen molar-refractivity contribution in [2.24, 2.45) is 0 Å². The third-order valence-electron chi connectivity index (χ3n) is 18.0. The van der Waals surface area contributed by atoms with Crippen LogP contribution < -0.4 is 5.32 Å². The highest BCUT2D eigenvalue weighted by Crippen LogP contribution is 2.33. The number of hydrogen-bond acceptors (Lipinski definition) is 18. The summed E-state index contributed by atoms with van der Waals surface area (Å²) in [5, 5.41) is 121. The Balaban J connectivity index is 1.41. The van der Waals surface area contributed by atoms with E-state index in [0.717, 1.165) is 116 Å².